The maximum absolute atomic E-state index is 12.6. The minimum atomic E-state index is -0.113. The summed E-state index contributed by atoms with van der Waals surface area (Å²) in [6.07, 6.45) is 3.10. The van der Waals surface area contributed by atoms with Crippen LogP contribution in [0.3, 0.4) is 0 Å². The molecule has 0 heterocycles. The van der Waals surface area contributed by atoms with Crippen LogP contribution in [-0.2, 0) is 0 Å². The van der Waals surface area contributed by atoms with Crippen molar-refractivity contribution < 1.29 is 9.53 Å². The average Bonchev–Trinajstić information content (AvgIpc) is 2.55. The van der Waals surface area contributed by atoms with E-state index in [4.69, 9.17) is 16.2 Å². The zero-order valence-corrected chi connectivity index (χ0v) is 12.8. The Morgan fingerprint density at radius 2 is 1.77 bits per heavy atom. The number of hydrogen-bond acceptors (Lipinski definition) is 4. The number of rotatable bonds is 7. The first kappa shape index (κ1) is 15.9. The predicted molar refractivity (Wildman–Crippen MR) is 90.2 cm³/mol. The van der Waals surface area contributed by atoms with Gasteiger partial charge in [0.15, 0.2) is 11.5 Å². The summed E-state index contributed by atoms with van der Waals surface area (Å²) in [5.74, 6) is 0.280. The molecule has 4 N–H and O–H groups in total. The quantitative estimate of drug-likeness (QED) is 0.464. The van der Waals surface area contributed by atoms with E-state index < -0.39 is 0 Å². The molecule has 2 aromatic rings. The molecule has 0 amide bonds. The van der Waals surface area contributed by atoms with Gasteiger partial charge in [-0.05, 0) is 18.6 Å². The lowest BCUT2D eigenvalue weighted by Crippen LogP contribution is -2.10. The third kappa shape index (κ3) is 3.58. The van der Waals surface area contributed by atoms with Crippen LogP contribution in [0, 0.1) is 0 Å². The highest BCUT2D eigenvalue weighted by atomic mass is 16.5. The Hall–Kier alpha value is -2.49. The molecular weight excluding hydrogens is 276 g/mol. The molecule has 22 heavy (non-hydrogen) atoms. The molecule has 4 heteroatoms. The maximum atomic E-state index is 12.6. The van der Waals surface area contributed by atoms with Crippen molar-refractivity contribution in [1.82, 2.24) is 0 Å². The van der Waals surface area contributed by atoms with Gasteiger partial charge in [0.1, 0.15) is 0 Å². The largest absolute Gasteiger partial charge is 0.491 e. The van der Waals surface area contributed by atoms with Crippen molar-refractivity contribution >= 4 is 17.2 Å². The number of benzene rings is 2. The van der Waals surface area contributed by atoms with Gasteiger partial charge in [0.05, 0.1) is 23.5 Å². The number of carbonyl (C=O) groups is 1. The topological polar surface area (TPSA) is 78.3 Å². The molecule has 0 aliphatic carbocycles. The van der Waals surface area contributed by atoms with E-state index in [9.17, 15) is 4.79 Å². The molecule has 116 valence electrons. The van der Waals surface area contributed by atoms with Crippen LogP contribution in [0.5, 0.6) is 5.75 Å². The molecule has 0 radical (unpaired) electrons. The van der Waals surface area contributed by atoms with Crippen molar-refractivity contribution in [3.05, 3.63) is 53.6 Å². The van der Waals surface area contributed by atoms with Crippen molar-refractivity contribution in [2.75, 3.05) is 18.1 Å². The number of carbonyl (C=O) groups excluding carboxylic acids is 1. The second-order valence-electron chi connectivity index (χ2n) is 5.20. The van der Waals surface area contributed by atoms with E-state index in [2.05, 4.69) is 6.92 Å². The van der Waals surface area contributed by atoms with Crippen LogP contribution in [0.4, 0.5) is 11.4 Å². The van der Waals surface area contributed by atoms with Crippen LogP contribution in [0.25, 0.3) is 0 Å². The van der Waals surface area contributed by atoms with Gasteiger partial charge in [-0.2, -0.15) is 0 Å². The molecule has 2 rings (SSSR count). The first-order chi connectivity index (χ1) is 10.6. The Morgan fingerprint density at radius 3 is 2.45 bits per heavy atom. The average molecular weight is 298 g/mol. The van der Waals surface area contributed by atoms with E-state index in [0.29, 0.717) is 34.9 Å². The van der Waals surface area contributed by atoms with Crippen LogP contribution in [0.2, 0.25) is 0 Å². The van der Waals surface area contributed by atoms with Gasteiger partial charge in [-0.25, -0.2) is 0 Å². The summed E-state index contributed by atoms with van der Waals surface area (Å²) < 4.78 is 5.77. The van der Waals surface area contributed by atoms with Crippen LogP contribution in [0.15, 0.2) is 42.5 Å². The third-order valence-electron chi connectivity index (χ3n) is 3.50. The Balaban J connectivity index is 2.30. The Kier molecular flexibility index (Phi) is 5.42. The summed E-state index contributed by atoms with van der Waals surface area (Å²) in [5.41, 5.74) is 13.7. The SMILES string of the molecule is CCCCCOc1c(C(=O)c2ccccc2)ccc(N)c1N. The van der Waals surface area contributed by atoms with Crippen molar-refractivity contribution in [3.8, 4) is 5.75 Å². The van der Waals surface area contributed by atoms with Crippen molar-refractivity contribution in [1.29, 1.82) is 0 Å². The van der Waals surface area contributed by atoms with E-state index in [1.54, 1.807) is 24.3 Å². The molecule has 0 bridgehead atoms. The van der Waals surface area contributed by atoms with E-state index in [-0.39, 0.29) is 5.78 Å². The summed E-state index contributed by atoms with van der Waals surface area (Å²) in [5, 5.41) is 0. The van der Waals surface area contributed by atoms with Crippen LogP contribution < -0.4 is 16.2 Å². The standard InChI is InChI=1S/C18H22N2O2/c1-2-3-7-12-22-18-14(10-11-15(19)16(18)20)17(21)13-8-5-4-6-9-13/h4-6,8-11H,2-3,7,12,19-20H2,1H3. The van der Waals surface area contributed by atoms with E-state index in [1.807, 2.05) is 18.2 Å². The van der Waals surface area contributed by atoms with Crippen LogP contribution >= 0.6 is 0 Å². The summed E-state index contributed by atoms with van der Waals surface area (Å²) in [6.45, 7) is 2.65. The van der Waals surface area contributed by atoms with Crippen LogP contribution in [0.1, 0.15) is 42.1 Å². The molecule has 0 saturated heterocycles. The van der Waals surface area contributed by atoms with Gasteiger partial charge in [-0.3, -0.25) is 4.79 Å². The molecule has 0 aromatic heterocycles. The van der Waals surface area contributed by atoms with E-state index in [0.717, 1.165) is 19.3 Å². The number of nitrogen functional groups attached to an aromatic ring is 2. The van der Waals surface area contributed by atoms with Crippen LogP contribution in [-0.4, -0.2) is 12.4 Å². The predicted octanol–water partition coefficient (Wildman–Crippen LogP) is 3.65. The normalized spacial score (nSPS) is 10.4. The van der Waals surface area contributed by atoms with Gasteiger partial charge in [0.25, 0.3) is 0 Å². The Morgan fingerprint density at radius 1 is 1.05 bits per heavy atom. The summed E-state index contributed by atoms with van der Waals surface area (Å²) in [7, 11) is 0. The minimum Gasteiger partial charge on any atom is -0.491 e. The lowest BCUT2D eigenvalue weighted by atomic mass is 10.0. The lowest BCUT2D eigenvalue weighted by Gasteiger charge is -2.15. The van der Waals surface area contributed by atoms with Crippen molar-refractivity contribution in [2.45, 2.75) is 26.2 Å². The summed E-state index contributed by atoms with van der Waals surface area (Å²) >= 11 is 0. The molecular formula is C18H22N2O2. The second-order valence-corrected chi connectivity index (χ2v) is 5.20. The zero-order chi connectivity index (χ0) is 15.9. The van der Waals surface area contributed by atoms with E-state index >= 15 is 0 Å². The van der Waals surface area contributed by atoms with E-state index in [1.165, 1.54) is 0 Å². The number of unbranched alkanes of at least 4 members (excludes halogenated alkanes) is 2. The number of nitrogens with two attached hydrogens (primary N) is 2. The molecule has 0 fully saturated rings. The molecule has 2 aromatic carbocycles. The van der Waals surface area contributed by atoms with Gasteiger partial charge in [0, 0.05) is 5.56 Å². The molecule has 0 saturated carbocycles. The van der Waals surface area contributed by atoms with Crippen molar-refractivity contribution in [3.63, 3.8) is 0 Å². The third-order valence-corrected chi connectivity index (χ3v) is 3.50. The molecule has 0 aliphatic rings. The highest BCUT2D eigenvalue weighted by molar-refractivity contribution is 6.12. The highest BCUT2D eigenvalue weighted by Crippen LogP contribution is 2.33. The van der Waals surface area contributed by atoms with Gasteiger partial charge in [0.2, 0.25) is 0 Å². The maximum Gasteiger partial charge on any atom is 0.196 e. The Bertz CT molecular complexity index is 639. The van der Waals surface area contributed by atoms with Crippen molar-refractivity contribution in [2.24, 2.45) is 0 Å². The fourth-order valence-corrected chi connectivity index (χ4v) is 2.22. The number of ketones is 1. The summed E-state index contributed by atoms with van der Waals surface area (Å²) in [6, 6.07) is 12.4. The molecule has 0 aliphatic heterocycles. The zero-order valence-electron chi connectivity index (χ0n) is 12.8. The molecule has 0 unspecified atom stereocenters. The first-order valence-electron chi connectivity index (χ1n) is 7.55. The monoisotopic (exact) mass is 298 g/mol. The number of ether oxygens (including phenoxy) is 1. The minimum absolute atomic E-state index is 0.113. The highest BCUT2D eigenvalue weighted by Gasteiger charge is 2.18. The van der Waals surface area contributed by atoms with Gasteiger partial charge in [-0.15, -0.1) is 0 Å². The lowest BCUT2D eigenvalue weighted by molar-refractivity contribution is 0.103. The van der Waals surface area contributed by atoms with Gasteiger partial charge < -0.3 is 16.2 Å². The number of hydrogen-bond donors (Lipinski definition) is 2. The van der Waals surface area contributed by atoms with Gasteiger partial charge >= 0.3 is 0 Å². The smallest absolute Gasteiger partial charge is 0.196 e. The number of anilines is 2. The first-order valence-corrected chi connectivity index (χ1v) is 7.55. The molecule has 0 atom stereocenters. The van der Waals surface area contributed by atoms with Gasteiger partial charge in [-0.1, -0.05) is 50.1 Å². The fraction of sp³-hybridized carbons (Fsp3) is 0.278. The fourth-order valence-electron chi connectivity index (χ4n) is 2.22. The second kappa shape index (κ2) is 7.50. The molecule has 4 nitrogen and oxygen atoms in total. The Labute approximate surface area is 131 Å². The summed E-state index contributed by atoms with van der Waals surface area (Å²) in [4.78, 5) is 12.6. The molecule has 0 spiro atoms.